The average molecular weight is 358 g/mol. The van der Waals surface area contributed by atoms with Crippen LogP contribution in [0.3, 0.4) is 0 Å². The van der Waals surface area contributed by atoms with Crippen molar-refractivity contribution in [1.29, 1.82) is 0 Å². The SMILES string of the molecule is CNCC(=O)NC(CCN)C(=O)N1CCCC1c1nc2ccccc2[nH]1. The van der Waals surface area contributed by atoms with Gasteiger partial charge in [-0.2, -0.15) is 0 Å². The van der Waals surface area contributed by atoms with E-state index in [1.54, 1.807) is 7.05 Å². The number of aromatic amines is 1. The van der Waals surface area contributed by atoms with Crippen molar-refractivity contribution >= 4 is 22.8 Å². The topological polar surface area (TPSA) is 116 Å². The molecule has 2 amide bonds. The van der Waals surface area contributed by atoms with E-state index in [9.17, 15) is 9.59 Å². The fraction of sp³-hybridized carbons (Fsp3) is 0.500. The van der Waals surface area contributed by atoms with Crippen LogP contribution in [-0.2, 0) is 9.59 Å². The van der Waals surface area contributed by atoms with Crippen LogP contribution in [0.15, 0.2) is 24.3 Å². The van der Waals surface area contributed by atoms with Crippen molar-refractivity contribution in [1.82, 2.24) is 25.5 Å². The summed E-state index contributed by atoms with van der Waals surface area (Å²) in [6, 6.07) is 7.12. The molecule has 1 aliphatic heterocycles. The minimum Gasteiger partial charge on any atom is -0.343 e. The number of rotatable bonds is 7. The summed E-state index contributed by atoms with van der Waals surface area (Å²) in [7, 11) is 1.69. The normalized spacial score (nSPS) is 18.2. The molecule has 2 heterocycles. The highest BCUT2D eigenvalue weighted by molar-refractivity contribution is 5.88. The minimum atomic E-state index is -0.606. The zero-order valence-corrected chi connectivity index (χ0v) is 15.0. The first kappa shape index (κ1) is 18.3. The van der Waals surface area contributed by atoms with Crippen LogP contribution in [0.25, 0.3) is 11.0 Å². The maximum atomic E-state index is 13.1. The van der Waals surface area contributed by atoms with E-state index in [0.29, 0.717) is 19.5 Å². The van der Waals surface area contributed by atoms with Gasteiger partial charge in [0.2, 0.25) is 11.8 Å². The summed E-state index contributed by atoms with van der Waals surface area (Å²) in [5.74, 6) is 0.492. The average Bonchev–Trinajstić information content (AvgIpc) is 3.27. The number of hydrogen-bond donors (Lipinski definition) is 4. The number of imidazole rings is 1. The Morgan fingerprint density at radius 2 is 2.23 bits per heavy atom. The number of nitrogens with two attached hydrogens (primary N) is 1. The van der Waals surface area contributed by atoms with Gasteiger partial charge in [-0.05, 0) is 45.0 Å². The smallest absolute Gasteiger partial charge is 0.245 e. The number of hydrogen-bond acceptors (Lipinski definition) is 5. The third-order valence-corrected chi connectivity index (χ3v) is 4.69. The van der Waals surface area contributed by atoms with Gasteiger partial charge in [0.05, 0.1) is 23.6 Å². The molecule has 0 spiro atoms. The van der Waals surface area contributed by atoms with Crippen LogP contribution in [0.4, 0.5) is 0 Å². The van der Waals surface area contributed by atoms with E-state index >= 15 is 0 Å². The number of likely N-dealkylation sites (tertiary alicyclic amines) is 1. The number of likely N-dealkylation sites (N-methyl/N-ethyl adjacent to an activating group) is 1. The Hall–Kier alpha value is -2.45. The predicted molar refractivity (Wildman–Crippen MR) is 99.3 cm³/mol. The molecule has 1 aromatic carbocycles. The summed E-state index contributed by atoms with van der Waals surface area (Å²) < 4.78 is 0. The van der Waals surface area contributed by atoms with Crippen molar-refractivity contribution in [2.75, 3.05) is 26.7 Å². The summed E-state index contributed by atoms with van der Waals surface area (Å²) in [4.78, 5) is 34.8. The third kappa shape index (κ3) is 3.86. The Morgan fingerprint density at radius 1 is 1.42 bits per heavy atom. The number of aromatic nitrogens is 2. The molecule has 0 aliphatic carbocycles. The number of benzene rings is 1. The van der Waals surface area contributed by atoms with Gasteiger partial charge in [0.15, 0.2) is 0 Å². The largest absolute Gasteiger partial charge is 0.343 e. The van der Waals surface area contributed by atoms with Crippen LogP contribution < -0.4 is 16.4 Å². The number of H-pyrrole nitrogens is 1. The minimum absolute atomic E-state index is 0.0946. The number of amides is 2. The third-order valence-electron chi connectivity index (χ3n) is 4.69. The highest BCUT2D eigenvalue weighted by Crippen LogP contribution is 2.32. The van der Waals surface area contributed by atoms with Gasteiger partial charge in [-0.1, -0.05) is 12.1 Å². The summed E-state index contributed by atoms with van der Waals surface area (Å²) in [5, 5.41) is 5.58. The van der Waals surface area contributed by atoms with Crippen molar-refractivity contribution in [3.8, 4) is 0 Å². The van der Waals surface area contributed by atoms with Crippen LogP contribution in [0.2, 0.25) is 0 Å². The monoisotopic (exact) mass is 358 g/mol. The lowest BCUT2D eigenvalue weighted by Gasteiger charge is -2.28. The lowest BCUT2D eigenvalue weighted by Crippen LogP contribution is -2.50. The van der Waals surface area contributed by atoms with Gasteiger partial charge in [-0.3, -0.25) is 9.59 Å². The molecule has 0 bridgehead atoms. The zero-order chi connectivity index (χ0) is 18.5. The summed E-state index contributed by atoms with van der Waals surface area (Å²) in [5.41, 5.74) is 7.51. The number of carbonyl (C=O) groups is 2. The summed E-state index contributed by atoms with van der Waals surface area (Å²) in [6.45, 7) is 1.16. The maximum absolute atomic E-state index is 13.1. The van der Waals surface area contributed by atoms with Crippen LogP contribution in [-0.4, -0.2) is 59.4 Å². The summed E-state index contributed by atoms with van der Waals surface area (Å²) >= 11 is 0. The van der Waals surface area contributed by atoms with Crippen molar-refractivity contribution in [3.05, 3.63) is 30.1 Å². The number of nitrogens with zero attached hydrogens (tertiary/aromatic N) is 2. The van der Waals surface area contributed by atoms with E-state index in [-0.39, 0.29) is 24.4 Å². The van der Waals surface area contributed by atoms with Gasteiger partial charge >= 0.3 is 0 Å². The van der Waals surface area contributed by atoms with Crippen molar-refractivity contribution in [2.24, 2.45) is 5.73 Å². The van der Waals surface area contributed by atoms with Crippen LogP contribution in [0.1, 0.15) is 31.1 Å². The molecular formula is C18H26N6O2. The molecule has 26 heavy (non-hydrogen) atoms. The van der Waals surface area contributed by atoms with Crippen LogP contribution in [0.5, 0.6) is 0 Å². The molecule has 5 N–H and O–H groups in total. The predicted octanol–water partition coefficient (Wildman–Crippen LogP) is 0.279. The van der Waals surface area contributed by atoms with Crippen molar-refractivity contribution in [2.45, 2.75) is 31.3 Å². The maximum Gasteiger partial charge on any atom is 0.245 e. The Labute approximate surface area is 152 Å². The molecule has 2 atom stereocenters. The molecule has 140 valence electrons. The first-order valence-electron chi connectivity index (χ1n) is 9.03. The highest BCUT2D eigenvalue weighted by atomic mass is 16.2. The van der Waals surface area contributed by atoms with Gasteiger partial charge in [0, 0.05) is 6.54 Å². The van der Waals surface area contributed by atoms with Gasteiger partial charge in [0.1, 0.15) is 11.9 Å². The van der Waals surface area contributed by atoms with E-state index in [2.05, 4.69) is 20.6 Å². The second kappa shape index (κ2) is 8.29. The number of carbonyl (C=O) groups excluding carboxylic acids is 2. The van der Waals surface area contributed by atoms with E-state index in [0.717, 1.165) is 29.7 Å². The Kier molecular flexibility index (Phi) is 5.85. The lowest BCUT2D eigenvalue weighted by molar-refractivity contribution is -0.137. The van der Waals surface area contributed by atoms with Crippen molar-refractivity contribution < 1.29 is 9.59 Å². The molecule has 2 aromatic rings. The highest BCUT2D eigenvalue weighted by Gasteiger charge is 2.35. The Morgan fingerprint density at radius 3 is 2.96 bits per heavy atom. The quantitative estimate of drug-likeness (QED) is 0.567. The summed E-state index contributed by atoms with van der Waals surface area (Å²) in [6.07, 6.45) is 2.18. The molecule has 0 saturated carbocycles. The van der Waals surface area contributed by atoms with E-state index in [1.807, 2.05) is 29.2 Å². The van der Waals surface area contributed by atoms with Crippen LogP contribution >= 0.6 is 0 Å². The lowest BCUT2D eigenvalue weighted by atomic mass is 10.1. The van der Waals surface area contributed by atoms with Gasteiger partial charge in [-0.15, -0.1) is 0 Å². The van der Waals surface area contributed by atoms with E-state index in [1.165, 1.54) is 0 Å². The molecule has 0 radical (unpaired) electrons. The van der Waals surface area contributed by atoms with Gasteiger partial charge < -0.3 is 26.3 Å². The fourth-order valence-corrected chi connectivity index (χ4v) is 3.48. The molecule has 8 heteroatoms. The zero-order valence-electron chi connectivity index (χ0n) is 15.0. The van der Waals surface area contributed by atoms with E-state index in [4.69, 9.17) is 5.73 Å². The molecule has 2 unspecified atom stereocenters. The first-order valence-corrected chi connectivity index (χ1v) is 9.03. The standard InChI is InChI=1S/C18H26N6O2/c1-20-11-16(25)21-14(8-9-19)18(26)24-10-4-7-15(24)17-22-12-5-2-3-6-13(12)23-17/h2-3,5-6,14-15,20H,4,7-11,19H2,1H3,(H,21,25)(H,22,23). The molecule has 1 saturated heterocycles. The molecule has 1 aliphatic rings. The Balaban J connectivity index is 1.78. The second-order valence-corrected chi connectivity index (χ2v) is 6.56. The Bertz CT molecular complexity index is 741. The van der Waals surface area contributed by atoms with Crippen molar-refractivity contribution in [3.63, 3.8) is 0 Å². The molecule has 1 fully saturated rings. The number of fused-ring (bicyclic) bond motifs is 1. The number of nitrogens with one attached hydrogen (secondary N) is 3. The second-order valence-electron chi connectivity index (χ2n) is 6.56. The molecule has 8 nitrogen and oxygen atoms in total. The molecular weight excluding hydrogens is 332 g/mol. The molecule has 3 rings (SSSR count). The van der Waals surface area contributed by atoms with Gasteiger partial charge in [-0.25, -0.2) is 4.98 Å². The van der Waals surface area contributed by atoms with Crippen LogP contribution in [0, 0.1) is 0 Å². The molecule has 1 aromatic heterocycles. The fourth-order valence-electron chi connectivity index (χ4n) is 3.48. The van der Waals surface area contributed by atoms with Gasteiger partial charge in [0.25, 0.3) is 0 Å². The number of para-hydroxylation sites is 2. The first-order chi connectivity index (χ1) is 12.6. The van der Waals surface area contributed by atoms with E-state index < -0.39 is 6.04 Å².